The number of benzene rings is 3. The molecule has 0 fully saturated rings. The van der Waals surface area contributed by atoms with Gasteiger partial charge in [-0.15, -0.1) is 0 Å². The second-order valence-electron chi connectivity index (χ2n) is 7.63. The number of carbonyl (C=O) groups excluding carboxylic acids is 1. The molecule has 0 aromatic heterocycles. The zero-order valence-corrected chi connectivity index (χ0v) is 20.0. The maximum absolute atomic E-state index is 13.0. The number of hydrogen-bond acceptors (Lipinski definition) is 5. The number of nitrogens with one attached hydrogen (secondary N) is 1. The van der Waals surface area contributed by atoms with Crippen molar-refractivity contribution >= 4 is 21.6 Å². The summed E-state index contributed by atoms with van der Waals surface area (Å²) >= 11 is 0. The van der Waals surface area contributed by atoms with Crippen molar-refractivity contribution in [3.05, 3.63) is 83.4 Å². The minimum absolute atomic E-state index is 0.147. The predicted octanol–water partition coefficient (Wildman–Crippen LogP) is 3.83. The SMILES string of the molecule is COc1ccc(CNC(=O)COc2ccc(N(C)S(=O)(=O)c3ccc(C)c(C)c3)cc2)cc1. The highest BCUT2D eigenvalue weighted by atomic mass is 32.2. The highest BCUT2D eigenvalue weighted by Gasteiger charge is 2.21. The molecule has 3 aromatic rings. The average Bonchev–Trinajstić information content (AvgIpc) is 2.83. The first kappa shape index (κ1) is 24.1. The van der Waals surface area contributed by atoms with Gasteiger partial charge in [-0.05, 0) is 79.1 Å². The number of hydrogen-bond donors (Lipinski definition) is 1. The molecule has 0 aliphatic heterocycles. The maximum atomic E-state index is 13.0. The fourth-order valence-corrected chi connectivity index (χ4v) is 4.35. The van der Waals surface area contributed by atoms with Gasteiger partial charge in [0.15, 0.2) is 6.61 Å². The van der Waals surface area contributed by atoms with Gasteiger partial charge in [-0.2, -0.15) is 0 Å². The first-order chi connectivity index (χ1) is 15.7. The van der Waals surface area contributed by atoms with Gasteiger partial charge in [0, 0.05) is 13.6 Å². The van der Waals surface area contributed by atoms with Crippen LogP contribution >= 0.6 is 0 Å². The Morgan fingerprint density at radius 3 is 2.15 bits per heavy atom. The van der Waals surface area contributed by atoms with Crippen LogP contribution in [0.4, 0.5) is 5.69 Å². The van der Waals surface area contributed by atoms with E-state index >= 15 is 0 Å². The molecule has 33 heavy (non-hydrogen) atoms. The Hall–Kier alpha value is -3.52. The second kappa shape index (κ2) is 10.4. The first-order valence-electron chi connectivity index (χ1n) is 10.4. The lowest BCUT2D eigenvalue weighted by Crippen LogP contribution is -2.28. The molecule has 174 valence electrons. The van der Waals surface area contributed by atoms with Gasteiger partial charge >= 0.3 is 0 Å². The van der Waals surface area contributed by atoms with E-state index in [1.807, 2.05) is 38.1 Å². The highest BCUT2D eigenvalue weighted by molar-refractivity contribution is 7.92. The summed E-state index contributed by atoms with van der Waals surface area (Å²) in [5, 5.41) is 2.79. The Morgan fingerprint density at radius 1 is 0.909 bits per heavy atom. The molecule has 0 heterocycles. The summed E-state index contributed by atoms with van der Waals surface area (Å²) in [6.45, 7) is 4.06. The zero-order valence-electron chi connectivity index (χ0n) is 19.2. The van der Waals surface area contributed by atoms with Gasteiger partial charge < -0.3 is 14.8 Å². The molecular formula is C25H28N2O5S. The third kappa shape index (κ3) is 6.04. The van der Waals surface area contributed by atoms with Gasteiger partial charge in [0.1, 0.15) is 11.5 Å². The van der Waals surface area contributed by atoms with Crippen LogP contribution in [-0.2, 0) is 21.4 Å². The van der Waals surface area contributed by atoms with Crippen molar-refractivity contribution in [2.75, 3.05) is 25.1 Å². The summed E-state index contributed by atoms with van der Waals surface area (Å²) in [5.41, 5.74) is 3.38. The molecule has 1 N–H and O–H groups in total. The smallest absolute Gasteiger partial charge is 0.264 e. The average molecular weight is 469 g/mol. The fraction of sp³-hybridized carbons (Fsp3) is 0.240. The van der Waals surface area contributed by atoms with Crippen LogP contribution in [0.5, 0.6) is 11.5 Å². The van der Waals surface area contributed by atoms with E-state index in [4.69, 9.17) is 9.47 Å². The lowest BCUT2D eigenvalue weighted by Gasteiger charge is -2.20. The van der Waals surface area contributed by atoms with E-state index in [1.54, 1.807) is 49.6 Å². The van der Waals surface area contributed by atoms with Crippen LogP contribution in [0.25, 0.3) is 0 Å². The zero-order chi connectivity index (χ0) is 24.0. The minimum Gasteiger partial charge on any atom is -0.497 e. The van der Waals surface area contributed by atoms with Crippen LogP contribution in [0.15, 0.2) is 71.6 Å². The third-order valence-electron chi connectivity index (χ3n) is 5.36. The minimum atomic E-state index is -3.69. The van der Waals surface area contributed by atoms with Crippen LogP contribution in [0.3, 0.4) is 0 Å². The van der Waals surface area contributed by atoms with Crippen LogP contribution < -0.4 is 19.1 Å². The normalized spacial score (nSPS) is 11.0. The molecule has 7 nitrogen and oxygen atoms in total. The van der Waals surface area contributed by atoms with Crippen LogP contribution in [0.1, 0.15) is 16.7 Å². The van der Waals surface area contributed by atoms with Gasteiger partial charge in [-0.25, -0.2) is 8.42 Å². The monoisotopic (exact) mass is 468 g/mol. The number of sulfonamides is 1. The van der Waals surface area contributed by atoms with Crippen molar-refractivity contribution in [1.29, 1.82) is 0 Å². The molecule has 0 unspecified atom stereocenters. The van der Waals surface area contributed by atoms with Gasteiger partial charge in [-0.3, -0.25) is 9.10 Å². The molecule has 0 aliphatic carbocycles. The van der Waals surface area contributed by atoms with Gasteiger partial charge in [0.25, 0.3) is 15.9 Å². The largest absolute Gasteiger partial charge is 0.497 e. The van der Waals surface area contributed by atoms with Crippen molar-refractivity contribution in [3.8, 4) is 11.5 Å². The maximum Gasteiger partial charge on any atom is 0.264 e. The summed E-state index contributed by atoms with van der Waals surface area (Å²) in [4.78, 5) is 12.3. The summed E-state index contributed by atoms with van der Waals surface area (Å²) in [5.74, 6) is 0.962. The van der Waals surface area contributed by atoms with E-state index in [-0.39, 0.29) is 17.4 Å². The van der Waals surface area contributed by atoms with Crippen molar-refractivity contribution in [1.82, 2.24) is 5.32 Å². The number of nitrogens with zero attached hydrogens (tertiary/aromatic N) is 1. The van der Waals surface area contributed by atoms with Gasteiger partial charge in [0.05, 0.1) is 17.7 Å². The summed E-state index contributed by atoms with van der Waals surface area (Å²) in [6.07, 6.45) is 0. The van der Waals surface area contributed by atoms with Crippen LogP contribution in [0.2, 0.25) is 0 Å². The number of anilines is 1. The molecule has 0 aliphatic rings. The van der Waals surface area contributed by atoms with Crippen molar-refractivity contribution in [2.45, 2.75) is 25.3 Å². The lowest BCUT2D eigenvalue weighted by atomic mass is 10.1. The Kier molecular flexibility index (Phi) is 7.60. The number of rotatable bonds is 9. The Bertz CT molecular complexity index is 1210. The topological polar surface area (TPSA) is 84.9 Å². The number of ether oxygens (including phenoxy) is 2. The summed E-state index contributed by atoms with van der Waals surface area (Å²) < 4.78 is 37.8. The van der Waals surface area contributed by atoms with E-state index in [2.05, 4.69) is 5.32 Å². The Morgan fingerprint density at radius 2 is 1.55 bits per heavy atom. The fourth-order valence-electron chi connectivity index (χ4n) is 3.07. The first-order valence-corrected chi connectivity index (χ1v) is 11.8. The molecule has 3 rings (SSSR count). The molecule has 0 radical (unpaired) electrons. The summed E-state index contributed by atoms with van der Waals surface area (Å²) in [6, 6.07) is 19.0. The number of methoxy groups -OCH3 is 1. The molecule has 0 bridgehead atoms. The van der Waals surface area contributed by atoms with Crippen LogP contribution in [-0.4, -0.2) is 35.1 Å². The number of aryl methyl sites for hydroxylation is 2. The molecule has 0 saturated heterocycles. The lowest BCUT2D eigenvalue weighted by molar-refractivity contribution is -0.123. The van der Waals surface area contributed by atoms with Crippen LogP contribution in [0, 0.1) is 13.8 Å². The molecule has 1 amide bonds. The molecule has 0 spiro atoms. The molecule has 0 saturated carbocycles. The van der Waals surface area contributed by atoms with E-state index < -0.39 is 10.0 Å². The number of amides is 1. The van der Waals surface area contributed by atoms with E-state index in [0.717, 1.165) is 22.4 Å². The second-order valence-corrected chi connectivity index (χ2v) is 9.60. The number of carbonyl (C=O) groups is 1. The molecule has 3 aromatic carbocycles. The standard InChI is InChI=1S/C25H28N2O5S/c1-18-5-14-24(15-19(18)2)33(29,30)27(3)21-8-12-23(13-9-21)32-17-25(28)26-16-20-6-10-22(31-4)11-7-20/h5-15H,16-17H2,1-4H3,(H,26,28). The van der Waals surface area contributed by atoms with E-state index in [9.17, 15) is 13.2 Å². The van der Waals surface area contributed by atoms with E-state index in [0.29, 0.717) is 18.0 Å². The Balaban J connectivity index is 1.55. The molecular weight excluding hydrogens is 440 g/mol. The van der Waals surface area contributed by atoms with Crippen molar-refractivity contribution in [2.24, 2.45) is 0 Å². The molecule has 0 atom stereocenters. The predicted molar refractivity (Wildman–Crippen MR) is 128 cm³/mol. The quantitative estimate of drug-likeness (QED) is 0.516. The van der Waals surface area contributed by atoms with Crippen molar-refractivity contribution in [3.63, 3.8) is 0 Å². The van der Waals surface area contributed by atoms with Gasteiger partial charge in [-0.1, -0.05) is 18.2 Å². The third-order valence-corrected chi connectivity index (χ3v) is 7.14. The molecule has 8 heteroatoms. The van der Waals surface area contributed by atoms with E-state index in [1.165, 1.54) is 11.4 Å². The summed E-state index contributed by atoms with van der Waals surface area (Å²) in [7, 11) is -0.581. The Labute approximate surface area is 195 Å². The van der Waals surface area contributed by atoms with Gasteiger partial charge in [0.2, 0.25) is 0 Å². The van der Waals surface area contributed by atoms with Crippen molar-refractivity contribution < 1.29 is 22.7 Å². The highest BCUT2D eigenvalue weighted by Crippen LogP contribution is 2.25.